The number of unbranched alkanes of at least 4 members (excludes halogenated alkanes) is 29. The van der Waals surface area contributed by atoms with E-state index in [9.17, 15) is 14.7 Å². The Morgan fingerprint density at radius 2 is 0.773 bits per heavy atom. The molecule has 0 amide bonds. The summed E-state index contributed by atoms with van der Waals surface area (Å²) in [4.78, 5) is 23.8. The number of aliphatic carboxylic acids is 1. The van der Waals surface area contributed by atoms with Gasteiger partial charge in [-0.2, -0.15) is 0 Å². The third-order valence-corrected chi connectivity index (χ3v) is 9.10. The van der Waals surface area contributed by atoms with Crippen molar-refractivity contribution in [3.8, 4) is 0 Å². The van der Waals surface area contributed by atoms with Crippen LogP contribution in [0.5, 0.6) is 0 Å². The van der Waals surface area contributed by atoms with Gasteiger partial charge in [-0.25, -0.2) is 0 Å². The molecule has 2 N–H and O–H groups in total. The molecule has 0 aromatic heterocycles. The van der Waals surface area contributed by atoms with E-state index in [0.29, 0.717) is 13.2 Å². The fourth-order valence-electron chi connectivity index (χ4n) is 6.08. The van der Waals surface area contributed by atoms with Crippen molar-refractivity contribution in [3.05, 3.63) is 0 Å². The second kappa shape index (κ2) is 36.4. The Kier molecular flexibility index (Phi) is 35.5. The zero-order valence-electron chi connectivity index (χ0n) is 29.8. The van der Waals surface area contributed by atoms with Gasteiger partial charge in [-0.05, 0) is 19.4 Å². The van der Waals surface area contributed by atoms with Crippen LogP contribution in [-0.4, -0.2) is 36.2 Å². The molecule has 5 heteroatoms. The number of carbonyl (C=O) groups is 2. The lowest BCUT2D eigenvalue weighted by atomic mass is 10.0. The average Bonchev–Trinajstić information content (AvgIpc) is 3.01. The van der Waals surface area contributed by atoms with Gasteiger partial charge in [-0.1, -0.05) is 200 Å². The van der Waals surface area contributed by atoms with Crippen LogP contribution in [-0.2, 0) is 14.3 Å². The number of esters is 1. The lowest BCUT2D eigenvalue weighted by Crippen LogP contribution is -2.39. The van der Waals surface area contributed by atoms with Crippen molar-refractivity contribution >= 4 is 11.9 Å². The number of hydrogen-bond acceptors (Lipinski definition) is 4. The summed E-state index contributed by atoms with van der Waals surface area (Å²) in [5.41, 5.74) is 0. The van der Waals surface area contributed by atoms with Crippen LogP contribution < -0.4 is 5.32 Å². The Hall–Kier alpha value is -1.10. The third kappa shape index (κ3) is 33.8. The smallest absolute Gasteiger partial charge is 0.321 e. The van der Waals surface area contributed by atoms with E-state index in [1.165, 1.54) is 173 Å². The number of carboxylic acid groups (broad SMARTS) is 1. The van der Waals surface area contributed by atoms with Crippen molar-refractivity contribution in [2.75, 3.05) is 13.2 Å². The lowest BCUT2D eigenvalue weighted by Gasteiger charge is -2.14. The van der Waals surface area contributed by atoms with Gasteiger partial charge in [-0.3, -0.25) is 9.59 Å². The summed E-state index contributed by atoms with van der Waals surface area (Å²) in [6, 6.07) is -0.847. The Balaban J connectivity index is 3.49. The number of ether oxygens (including phenoxy) is 1. The second-order valence-electron chi connectivity index (χ2n) is 13.5. The van der Waals surface area contributed by atoms with E-state index in [4.69, 9.17) is 4.74 Å². The van der Waals surface area contributed by atoms with E-state index in [0.717, 1.165) is 25.7 Å². The molecule has 0 radical (unpaired) electrons. The average molecular weight is 624 g/mol. The topological polar surface area (TPSA) is 75.6 Å². The van der Waals surface area contributed by atoms with Crippen LogP contribution in [0.15, 0.2) is 0 Å². The first kappa shape index (κ1) is 42.9. The van der Waals surface area contributed by atoms with E-state index in [1.54, 1.807) is 0 Å². The number of carbonyl (C=O) groups excluding carboxylic acids is 1. The zero-order valence-corrected chi connectivity index (χ0v) is 29.8. The van der Waals surface area contributed by atoms with E-state index < -0.39 is 18.0 Å². The maximum atomic E-state index is 12.2. The lowest BCUT2D eigenvalue weighted by molar-refractivity contribution is -0.149. The molecule has 0 aromatic rings. The number of carboxylic acids is 1. The van der Waals surface area contributed by atoms with Gasteiger partial charge in [0.15, 0.2) is 0 Å². The molecule has 5 nitrogen and oxygen atoms in total. The van der Waals surface area contributed by atoms with Crippen molar-refractivity contribution < 1.29 is 19.4 Å². The summed E-state index contributed by atoms with van der Waals surface area (Å²) in [5, 5.41) is 12.6. The van der Waals surface area contributed by atoms with Crippen LogP contribution in [0, 0.1) is 0 Å². The van der Waals surface area contributed by atoms with Crippen LogP contribution in [0.3, 0.4) is 0 Å². The molecule has 0 aromatic carbocycles. The highest BCUT2D eigenvalue weighted by Crippen LogP contribution is 2.15. The quantitative estimate of drug-likeness (QED) is 0.0532. The van der Waals surface area contributed by atoms with Crippen molar-refractivity contribution in [3.63, 3.8) is 0 Å². The van der Waals surface area contributed by atoms with Crippen molar-refractivity contribution in [1.82, 2.24) is 5.32 Å². The van der Waals surface area contributed by atoms with Crippen LogP contribution >= 0.6 is 0 Å². The first-order valence-electron chi connectivity index (χ1n) is 19.7. The van der Waals surface area contributed by atoms with Crippen LogP contribution in [0.25, 0.3) is 0 Å². The summed E-state index contributed by atoms with van der Waals surface area (Å²) < 4.78 is 5.33. The van der Waals surface area contributed by atoms with Gasteiger partial charge in [-0.15, -0.1) is 0 Å². The molecule has 0 aliphatic carbocycles. The summed E-state index contributed by atoms with van der Waals surface area (Å²) in [5.74, 6) is -1.37. The van der Waals surface area contributed by atoms with E-state index in [2.05, 4.69) is 19.2 Å². The third-order valence-electron chi connectivity index (χ3n) is 9.10. The molecule has 44 heavy (non-hydrogen) atoms. The highest BCUT2D eigenvalue weighted by atomic mass is 16.5. The maximum Gasteiger partial charge on any atom is 0.321 e. The highest BCUT2D eigenvalue weighted by Gasteiger charge is 2.21. The molecule has 0 saturated carbocycles. The number of rotatable bonds is 37. The minimum absolute atomic E-state index is 0.0903. The van der Waals surface area contributed by atoms with Crippen molar-refractivity contribution in [2.45, 2.75) is 225 Å². The summed E-state index contributed by atoms with van der Waals surface area (Å²) in [6.07, 6.45) is 40.6. The molecule has 262 valence electrons. The predicted molar refractivity (Wildman–Crippen MR) is 189 cm³/mol. The summed E-state index contributed by atoms with van der Waals surface area (Å²) >= 11 is 0. The summed E-state index contributed by atoms with van der Waals surface area (Å²) in [7, 11) is 0. The number of hydrogen-bond donors (Lipinski definition) is 2. The van der Waals surface area contributed by atoms with E-state index in [1.807, 2.05) is 0 Å². The van der Waals surface area contributed by atoms with Crippen molar-refractivity contribution in [2.24, 2.45) is 0 Å². The van der Waals surface area contributed by atoms with E-state index >= 15 is 0 Å². The molecule has 0 spiro atoms. The Morgan fingerprint density at radius 1 is 0.477 bits per heavy atom. The fraction of sp³-hybridized carbons (Fsp3) is 0.949. The van der Waals surface area contributed by atoms with Gasteiger partial charge in [0, 0.05) is 0 Å². The molecule has 0 rings (SSSR count). The molecule has 0 aliphatic heterocycles. The second-order valence-corrected chi connectivity index (χ2v) is 13.5. The number of nitrogens with one attached hydrogen (secondary N) is 1. The molecule has 0 aliphatic rings. The molecular weight excluding hydrogens is 546 g/mol. The highest BCUT2D eigenvalue weighted by molar-refractivity contribution is 5.81. The zero-order chi connectivity index (χ0) is 32.2. The molecule has 1 unspecified atom stereocenters. The molecule has 1 atom stereocenters. The first-order valence-corrected chi connectivity index (χ1v) is 19.7. The fourth-order valence-corrected chi connectivity index (χ4v) is 6.08. The molecule has 0 fully saturated rings. The standard InChI is InChI=1S/C39H77NO4/c1-3-5-7-9-11-13-15-17-19-21-23-25-27-29-31-33-35-44-38(41)36-37(39(42)43)40-34-32-30-28-26-24-22-20-18-16-14-12-10-8-6-4-2/h37,40H,3-36H2,1-2H3,(H,42,43). The Bertz CT molecular complexity index is 597. The van der Waals surface area contributed by atoms with Crippen LogP contribution in [0.4, 0.5) is 0 Å². The van der Waals surface area contributed by atoms with Gasteiger partial charge < -0.3 is 15.2 Å². The monoisotopic (exact) mass is 624 g/mol. The minimum atomic E-state index is -0.967. The summed E-state index contributed by atoms with van der Waals surface area (Å²) in [6.45, 7) is 5.59. The molecule has 0 heterocycles. The largest absolute Gasteiger partial charge is 0.480 e. The molecular formula is C39H77NO4. The van der Waals surface area contributed by atoms with Gasteiger partial charge in [0.05, 0.1) is 13.0 Å². The molecule has 0 saturated heterocycles. The predicted octanol–water partition coefficient (Wildman–Crippen LogP) is 12.1. The normalized spacial score (nSPS) is 12.0. The first-order chi connectivity index (χ1) is 21.6. The van der Waals surface area contributed by atoms with Gasteiger partial charge in [0.2, 0.25) is 0 Å². The Labute approximate surface area is 274 Å². The minimum Gasteiger partial charge on any atom is -0.480 e. The molecule has 0 bridgehead atoms. The van der Waals surface area contributed by atoms with Gasteiger partial charge >= 0.3 is 11.9 Å². The maximum absolute atomic E-state index is 12.2. The van der Waals surface area contributed by atoms with Crippen molar-refractivity contribution in [1.29, 1.82) is 0 Å². The SMILES string of the molecule is CCCCCCCCCCCCCCCCCCOC(=O)CC(NCCCCCCCCCCCCCCCCC)C(=O)O. The van der Waals surface area contributed by atoms with Crippen LogP contribution in [0.2, 0.25) is 0 Å². The van der Waals surface area contributed by atoms with E-state index in [-0.39, 0.29) is 6.42 Å². The van der Waals surface area contributed by atoms with Gasteiger partial charge in [0.25, 0.3) is 0 Å². The van der Waals surface area contributed by atoms with Gasteiger partial charge in [0.1, 0.15) is 6.04 Å². The van der Waals surface area contributed by atoms with Crippen LogP contribution in [0.1, 0.15) is 219 Å². The Morgan fingerprint density at radius 3 is 1.09 bits per heavy atom.